The topological polar surface area (TPSA) is 43.4 Å². The standard InChI is InChI=1S/C23H25FO3/c1-22(2)10-11-23(3,4)18-12-14(7-9-17(18)22)20(25)15-6-8-16(19(24)13-15)21(26)27-5/h6-9,12-13H,10-11H2,1-5H3. The molecule has 0 saturated heterocycles. The highest BCUT2D eigenvalue weighted by Crippen LogP contribution is 2.46. The zero-order valence-electron chi connectivity index (χ0n) is 16.5. The van der Waals surface area contributed by atoms with Crippen molar-refractivity contribution in [2.45, 2.75) is 51.4 Å². The van der Waals surface area contributed by atoms with E-state index in [9.17, 15) is 14.0 Å². The zero-order valence-corrected chi connectivity index (χ0v) is 16.5. The number of rotatable bonds is 3. The Bertz CT molecular complexity index is 925. The number of methoxy groups -OCH3 is 1. The third-order valence-electron chi connectivity index (χ3n) is 5.75. The summed E-state index contributed by atoms with van der Waals surface area (Å²) in [4.78, 5) is 24.5. The summed E-state index contributed by atoms with van der Waals surface area (Å²) in [6, 6.07) is 9.65. The van der Waals surface area contributed by atoms with Gasteiger partial charge in [0.15, 0.2) is 5.78 Å². The molecule has 0 saturated carbocycles. The predicted molar refractivity (Wildman–Crippen MR) is 103 cm³/mol. The van der Waals surface area contributed by atoms with Gasteiger partial charge in [0.2, 0.25) is 0 Å². The Morgan fingerprint density at radius 1 is 0.889 bits per heavy atom. The molecular weight excluding hydrogens is 343 g/mol. The largest absolute Gasteiger partial charge is 0.465 e. The lowest BCUT2D eigenvalue weighted by Crippen LogP contribution is -2.34. The van der Waals surface area contributed by atoms with Crippen molar-refractivity contribution in [3.05, 3.63) is 70.0 Å². The molecule has 0 fully saturated rings. The first-order valence-electron chi connectivity index (χ1n) is 9.14. The van der Waals surface area contributed by atoms with Gasteiger partial charge in [0, 0.05) is 11.1 Å². The normalized spacial score (nSPS) is 17.1. The molecule has 3 nitrogen and oxygen atoms in total. The van der Waals surface area contributed by atoms with Gasteiger partial charge in [0.25, 0.3) is 0 Å². The van der Waals surface area contributed by atoms with E-state index in [1.165, 1.54) is 30.4 Å². The monoisotopic (exact) mass is 368 g/mol. The first-order valence-corrected chi connectivity index (χ1v) is 9.14. The lowest BCUT2D eigenvalue weighted by molar-refractivity contribution is 0.0595. The molecule has 2 aromatic rings. The van der Waals surface area contributed by atoms with Crippen molar-refractivity contribution >= 4 is 11.8 Å². The molecule has 0 spiro atoms. The van der Waals surface area contributed by atoms with Gasteiger partial charge in [-0.05, 0) is 59.1 Å². The average Bonchev–Trinajstić information content (AvgIpc) is 2.64. The van der Waals surface area contributed by atoms with Crippen LogP contribution in [0.2, 0.25) is 0 Å². The quantitative estimate of drug-likeness (QED) is 0.553. The lowest BCUT2D eigenvalue weighted by Gasteiger charge is -2.42. The summed E-state index contributed by atoms with van der Waals surface area (Å²) in [5.74, 6) is -1.77. The van der Waals surface area contributed by atoms with Gasteiger partial charge in [-0.3, -0.25) is 4.79 Å². The maximum absolute atomic E-state index is 14.2. The van der Waals surface area contributed by atoms with Gasteiger partial charge < -0.3 is 4.74 Å². The van der Waals surface area contributed by atoms with Crippen LogP contribution in [0.15, 0.2) is 36.4 Å². The Kier molecular flexibility index (Phi) is 4.71. The molecule has 0 aromatic heterocycles. The number of carbonyl (C=O) groups excluding carboxylic acids is 2. The molecule has 0 unspecified atom stereocenters. The van der Waals surface area contributed by atoms with E-state index < -0.39 is 11.8 Å². The highest BCUT2D eigenvalue weighted by molar-refractivity contribution is 6.09. The number of benzene rings is 2. The van der Waals surface area contributed by atoms with Crippen LogP contribution in [0, 0.1) is 5.82 Å². The highest BCUT2D eigenvalue weighted by atomic mass is 19.1. The molecule has 3 rings (SSSR count). The summed E-state index contributed by atoms with van der Waals surface area (Å²) in [6.07, 6.45) is 2.15. The summed E-state index contributed by atoms with van der Waals surface area (Å²) in [5, 5.41) is 0. The van der Waals surface area contributed by atoms with Crippen molar-refractivity contribution in [1.82, 2.24) is 0 Å². The van der Waals surface area contributed by atoms with E-state index in [0.717, 1.165) is 18.9 Å². The fourth-order valence-corrected chi connectivity index (χ4v) is 3.83. The average molecular weight is 368 g/mol. The van der Waals surface area contributed by atoms with Crippen molar-refractivity contribution in [2.24, 2.45) is 0 Å². The van der Waals surface area contributed by atoms with Gasteiger partial charge in [0.1, 0.15) is 5.82 Å². The molecule has 0 bridgehead atoms. The molecule has 0 amide bonds. The van der Waals surface area contributed by atoms with E-state index in [2.05, 4.69) is 32.4 Å². The van der Waals surface area contributed by atoms with Crippen molar-refractivity contribution in [3.63, 3.8) is 0 Å². The van der Waals surface area contributed by atoms with Crippen molar-refractivity contribution < 1.29 is 18.7 Å². The molecule has 0 heterocycles. The molecular formula is C23H25FO3. The Labute approximate surface area is 159 Å². The number of fused-ring (bicyclic) bond motifs is 1. The minimum Gasteiger partial charge on any atom is -0.465 e. The van der Waals surface area contributed by atoms with Crippen LogP contribution in [0.4, 0.5) is 4.39 Å². The Morgan fingerprint density at radius 2 is 1.44 bits per heavy atom. The van der Waals surface area contributed by atoms with E-state index in [1.807, 2.05) is 18.2 Å². The van der Waals surface area contributed by atoms with Gasteiger partial charge in [-0.15, -0.1) is 0 Å². The highest BCUT2D eigenvalue weighted by Gasteiger charge is 2.37. The van der Waals surface area contributed by atoms with Crippen LogP contribution in [-0.4, -0.2) is 18.9 Å². The molecule has 0 radical (unpaired) electrons. The van der Waals surface area contributed by atoms with E-state index in [4.69, 9.17) is 0 Å². The van der Waals surface area contributed by atoms with Crippen LogP contribution in [-0.2, 0) is 15.6 Å². The number of hydrogen-bond donors (Lipinski definition) is 0. The fourth-order valence-electron chi connectivity index (χ4n) is 3.83. The molecule has 1 aliphatic rings. The lowest BCUT2D eigenvalue weighted by atomic mass is 9.63. The van der Waals surface area contributed by atoms with E-state index >= 15 is 0 Å². The summed E-state index contributed by atoms with van der Waals surface area (Å²) >= 11 is 0. The molecule has 27 heavy (non-hydrogen) atoms. The summed E-state index contributed by atoms with van der Waals surface area (Å²) < 4.78 is 18.8. The maximum atomic E-state index is 14.2. The van der Waals surface area contributed by atoms with Crippen LogP contribution in [0.3, 0.4) is 0 Å². The Hall–Kier alpha value is -2.49. The van der Waals surface area contributed by atoms with Crippen LogP contribution >= 0.6 is 0 Å². The van der Waals surface area contributed by atoms with Crippen LogP contribution < -0.4 is 0 Å². The number of carbonyl (C=O) groups is 2. The number of halogens is 1. The second-order valence-electron chi connectivity index (χ2n) is 8.54. The van der Waals surface area contributed by atoms with Gasteiger partial charge in [-0.1, -0.05) is 39.8 Å². The molecule has 1 aliphatic carbocycles. The van der Waals surface area contributed by atoms with E-state index in [-0.39, 0.29) is 27.7 Å². The Morgan fingerprint density at radius 3 is 2.04 bits per heavy atom. The summed E-state index contributed by atoms with van der Waals surface area (Å²) in [6.45, 7) is 8.84. The first kappa shape index (κ1) is 19.3. The molecule has 0 atom stereocenters. The summed E-state index contributed by atoms with van der Waals surface area (Å²) in [5.41, 5.74) is 3.07. The van der Waals surface area contributed by atoms with Gasteiger partial charge >= 0.3 is 5.97 Å². The van der Waals surface area contributed by atoms with E-state index in [0.29, 0.717) is 5.56 Å². The van der Waals surface area contributed by atoms with Crippen molar-refractivity contribution in [3.8, 4) is 0 Å². The number of ketones is 1. The summed E-state index contributed by atoms with van der Waals surface area (Å²) in [7, 11) is 1.19. The number of ether oxygens (including phenoxy) is 1. The second-order valence-corrected chi connectivity index (χ2v) is 8.54. The zero-order chi connectivity index (χ0) is 20.0. The van der Waals surface area contributed by atoms with Gasteiger partial charge in [0.05, 0.1) is 12.7 Å². The minimum absolute atomic E-state index is 0.0128. The molecule has 4 heteroatoms. The van der Waals surface area contributed by atoms with Crippen LogP contribution in [0.1, 0.15) is 77.9 Å². The minimum atomic E-state index is -0.760. The molecule has 0 N–H and O–H groups in total. The molecule has 2 aromatic carbocycles. The third kappa shape index (κ3) is 3.41. The van der Waals surface area contributed by atoms with Gasteiger partial charge in [-0.25, -0.2) is 9.18 Å². The third-order valence-corrected chi connectivity index (χ3v) is 5.75. The predicted octanol–water partition coefficient (Wildman–Crippen LogP) is 5.19. The van der Waals surface area contributed by atoms with Gasteiger partial charge in [-0.2, -0.15) is 0 Å². The second kappa shape index (κ2) is 6.59. The fraction of sp³-hybridized carbons (Fsp3) is 0.391. The Balaban J connectivity index is 2.02. The van der Waals surface area contributed by atoms with Crippen molar-refractivity contribution in [2.75, 3.05) is 7.11 Å². The van der Waals surface area contributed by atoms with Crippen molar-refractivity contribution in [1.29, 1.82) is 0 Å². The number of hydrogen-bond acceptors (Lipinski definition) is 3. The maximum Gasteiger partial charge on any atom is 0.340 e. The van der Waals surface area contributed by atoms with E-state index in [1.54, 1.807) is 0 Å². The SMILES string of the molecule is COC(=O)c1ccc(C(=O)c2ccc3c(c2)C(C)(C)CCC3(C)C)cc1F. The number of esters is 1. The van der Waals surface area contributed by atoms with Crippen LogP contribution in [0.25, 0.3) is 0 Å². The van der Waals surface area contributed by atoms with Crippen LogP contribution in [0.5, 0.6) is 0 Å². The molecule has 142 valence electrons. The first-order chi connectivity index (χ1) is 12.6. The smallest absolute Gasteiger partial charge is 0.340 e. The molecule has 0 aliphatic heterocycles.